The summed E-state index contributed by atoms with van der Waals surface area (Å²) >= 11 is 0. The average molecular weight is 197 g/mol. The molecule has 0 saturated heterocycles. The SMILES string of the molecule is CCC(CC)CC1(C)CCC(NC)C1. The van der Waals surface area contributed by atoms with Crippen molar-refractivity contribution in [3.8, 4) is 0 Å². The van der Waals surface area contributed by atoms with Gasteiger partial charge in [0.2, 0.25) is 0 Å². The maximum absolute atomic E-state index is 3.43. The molecule has 14 heavy (non-hydrogen) atoms. The molecule has 0 amide bonds. The predicted molar refractivity (Wildman–Crippen MR) is 63.5 cm³/mol. The molecule has 1 nitrogen and oxygen atoms in total. The minimum absolute atomic E-state index is 0.629. The fourth-order valence-electron chi connectivity index (χ4n) is 3.03. The van der Waals surface area contributed by atoms with Crippen LogP contribution in [-0.2, 0) is 0 Å². The maximum Gasteiger partial charge on any atom is 0.00694 e. The first-order valence-corrected chi connectivity index (χ1v) is 6.30. The summed E-state index contributed by atoms with van der Waals surface area (Å²) in [6.45, 7) is 7.16. The second-order valence-electron chi connectivity index (χ2n) is 5.43. The summed E-state index contributed by atoms with van der Waals surface area (Å²) in [6.07, 6.45) is 8.35. The molecule has 1 rings (SSSR count). The summed E-state index contributed by atoms with van der Waals surface area (Å²) in [5.41, 5.74) is 0.629. The van der Waals surface area contributed by atoms with Crippen molar-refractivity contribution < 1.29 is 0 Å². The Balaban J connectivity index is 2.42. The van der Waals surface area contributed by atoms with Crippen LogP contribution >= 0.6 is 0 Å². The highest BCUT2D eigenvalue weighted by Gasteiger charge is 2.35. The molecule has 0 bridgehead atoms. The Morgan fingerprint density at radius 3 is 2.43 bits per heavy atom. The fraction of sp³-hybridized carbons (Fsp3) is 1.00. The molecule has 0 aromatic rings. The van der Waals surface area contributed by atoms with E-state index in [-0.39, 0.29) is 0 Å². The number of hydrogen-bond acceptors (Lipinski definition) is 1. The van der Waals surface area contributed by atoms with Crippen LogP contribution in [0.2, 0.25) is 0 Å². The van der Waals surface area contributed by atoms with Crippen molar-refractivity contribution in [2.24, 2.45) is 11.3 Å². The van der Waals surface area contributed by atoms with Crippen molar-refractivity contribution in [3.63, 3.8) is 0 Å². The Morgan fingerprint density at radius 2 is 2.00 bits per heavy atom. The monoisotopic (exact) mass is 197 g/mol. The molecule has 1 N–H and O–H groups in total. The molecule has 1 heteroatoms. The van der Waals surface area contributed by atoms with Gasteiger partial charge in [0.05, 0.1) is 0 Å². The van der Waals surface area contributed by atoms with Crippen LogP contribution in [0.1, 0.15) is 59.3 Å². The van der Waals surface area contributed by atoms with Crippen LogP contribution in [0.3, 0.4) is 0 Å². The van der Waals surface area contributed by atoms with Crippen molar-refractivity contribution in [1.82, 2.24) is 5.32 Å². The molecular formula is C13H27N. The van der Waals surface area contributed by atoms with E-state index in [0.29, 0.717) is 5.41 Å². The normalized spacial score (nSPS) is 32.8. The quantitative estimate of drug-likeness (QED) is 0.710. The van der Waals surface area contributed by atoms with Gasteiger partial charge in [-0.15, -0.1) is 0 Å². The van der Waals surface area contributed by atoms with Gasteiger partial charge >= 0.3 is 0 Å². The lowest BCUT2D eigenvalue weighted by molar-refractivity contribution is 0.233. The first kappa shape index (κ1) is 12.0. The van der Waals surface area contributed by atoms with Crippen molar-refractivity contribution in [1.29, 1.82) is 0 Å². The van der Waals surface area contributed by atoms with E-state index in [9.17, 15) is 0 Å². The highest BCUT2D eigenvalue weighted by molar-refractivity contribution is 4.89. The third kappa shape index (κ3) is 2.98. The summed E-state index contributed by atoms with van der Waals surface area (Å²) < 4.78 is 0. The fourth-order valence-corrected chi connectivity index (χ4v) is 3.03. The molecule has 84 valence electrons. The van der Waals surface area contributed by atoms with E-state index in [4.69, 9.17) is 0 Å². The Bertz CT molecular complexity index is 163. The van der Waals surface area contributed by atoms with Crippen LogP contribution in [0.15, 0.2) is 0 Å². The largest absolute Gasteiger partial charge is 0.317 e. The van der Waals surface area contributed by atoms with E-state index in [0.717, 1.165) is 12.0 Å². The van der Waals surface area contributed by atoms with E-state index in [1.54, 1.807) is 0 Å². The Hall–Kier alpha value is -0.0400. The Labute approximate surface area is 89.7 Å². The summed E-state index contributed by atoms with van der Waals surface area (Å²) in [5, 5.41) is 3.43. The van der Waals surface area contributed by atoms with Crippen molar-refractivity contribution in [2.45, 2.75) is 65.3 Å². The highest BCUT2D eigenvalue weighted by atomic mass is 14.9. The van der Waals surface area contributed by atoms with E-state index >= 15 is 0 Å². The van der Waals surface area contributed by atoms with E-state index in [1.807, 2.05) is 0 Å². The van der Waals surface area contributed by atoms with Gasteiger partial charge in [0.1, 0.15) is 0 Å². The summed E-state index contributed by atoms with van der Waals surface area (Å²) in [5.74, 6) is 0.954. The van der Waals surface area contributed by atoms with E-state index < -0.39 is 0 Å². The van der Waals surface area contributed by atoms with Gasteiger partial charge in [-0.05, 0) is 44.1 Å². The second-order valence-corrected chi connectivity index (χ2v) is 5.43. The van der Waals surface area contributed by atoms with Crippen LogP contribution in [0.4, 0.5) is 0 Å². The van der Waals surface area contributed by atoms with E-state index in [1.165, 1.54) is 38.5 Å². The van der Waals surface area contributed by atoms with Gasteiger partial charge in [-0.3, -0.25) is 0 Å². The highest BCUT2D eigenvalue weighted by Crippen LogP contribution is 2.43. The molecule has 1 aliphatic carbocycles. The van der Waals surface area contributed by atoms with Gasteiger partial charge in [-0.2, -0.15) is 0 Å². The zero-order valence-corrected chi connectivity index (χ0v) is 10.4. The molecule has 2 unspecified atom stereocenters. The molecular weight excluding hydrogens is 170 g/mol. The van der Waals surface area contributed by atoms with Gasteiger partial charge in [0.15, 0.2) is 0 Å². The Kier molecular flexibility index (Phi) is 4.43. The molecule has 0 aliphatic heterocycles. The van der Waals surface area contributed by atoms with Crippen LogP contribution in [0.5, 0.6) is 0 Å². The summed E-state index contributed by atoms with van der Waals surface area (Å²) in [7, 11) is 2.10. The van der Waals surface area contributed by atoms with E-state index in [2.05, 4.69) is 33.1 Å². The minimum atomic E-state index is 0.629. The summed E-state index contributed by atoms with van der Waals surface area (Å²) in [6, 6.07) is 0.786. The Morgan fingerprint density at radius 1 is 1.36 bits per heavy atom. The zero-order valence-electron chi connectivity index (χ0n) is 10.4. The summed E-state index contributed by atoms with van der Waals surface area (Å²) in [4.78, 5) is 0. The van der Waals surface area contributed by atoms with Gasteiger partial charge in [-0.1, -0.05) is 33.6 Å². The van der Waals surface area contributed by atoms with Crippen molar-refractivity contribution in [3.05, 3.63) is 0 Å². The molecule has 0 heterocycles. The van der Waals surface area contributed by atoms with Crippen LogP contribution in [-0.4, -0.2) is 13.1 Å². The number of nitrogens with one attached hydrogen (secondary N) is 1. The molecule has 0 aromatic heterocycles. The molecule has 0 radical (unpaired) electrons. The third-order valence-electron chi connectivity index (χ3n) is 4.18. The standard InChI is InChI=1S/C13H27N/c1-5-11(6-2)9-13(3)8-7-12(10-13)14-4/h11-12,14H,5-10H2,1-4H3. The average Bonchev–Trinajstić information content (AvgIpc) is 2.57. The molecule has 0 spiro atoms. The van der Waals surface area contributed by atoms with Crippen molar-refractivity contribution >= 4 is 0 Å². The molecule has 1 fully saturated rings. The lowest BCUT2D eigenvalue weighted by Gasteiger charge is -2.28. The molecule has 1 saturated carbocycles. The van der Waals surface area contributed by atoms with Crippen LogP contribution in [0.25, 0.3) is 0 Å². The minimum Gasteiger partial charge on any atom is -0.317 e. The number of hydrogen-bond donors (Lipinski definition) is 1. The van der Waals surface area contributed by atoms with Crippen LogP contribution < -0.4 is 5.32 Å². The van der Waals surface area contributed by atoms with Gasteiger partial charge in [0, 0.05) is 6.04 Å². The van der Waals surface area contributed by atoms with Gasteiger partial charge in [0.25, 0.3) is 0 Å². The zero-order chi connectivity index (χ0) is 10.6. The first-order chi connectivity index (χ1) is 6.63. The molecule has 0 aromatic carbocycles. The third-order valence-corrected chi connectivity index (χ3v) is 4.18. The first-order valence-electron chi connectivity index (χ1n) is 6.30. The van der Waals surface area contributed by atoms with Crippen LogP contribution in [0, 0.1) is 11.3 Å². The van der Waals surface area contributed by atoms with Gasteiger partial charge in [-0.25, -0.2) is 0 Å². The smallest absolute Gasteiger partial charge is 0.00694 e. The lowest BCUT2D eigenvalue weighted by Crippen LogP contribution is -2.24. The molecule has 1 aliphatic rings. The van der Waals surface area contributed by atoms with Gasteiger partial charge < -0.3 is 5.32 Å². The molecule has 2 atom stereocenters. The predicted octanol–water partition coefficient (Wildman–Crippen LogP) is 3.59. The van der Waals surface area contributed by atoms with Crippen molar-refractivity contribution in [2.75, 3.05) is 7.05 Å². The lowest BCUT2D eigenvalue weighted by atomic mass is 9.78. The maximum atomic E-state index is 3.43. The number of rotatable bonds is 5. The topological polar surface area (TPSA) is 12.0 Å². The second kappa shape index (κ2) is 5.16.